The molecule has 0 spiro atoms. The Hall–Kier alpha value is -3.26. The maximum absolute atomic E-state index is 12.6. The fraction of sp³-hybridized carbons (Fsp3) is 0.0833. The molecule has 0 atom stereocenters. The molecule has 126 valence electrons. The predicted molar refractivity (Wildman–Crippen MR) is 103 cm³/mol. The van der Waals surface area contributed by atoms with Crippen molar-refractivity contribution in [3.05, 3.63) is 118 Å². The summed E-state index contributed by atoms with van der Waals surface area (Å²) in [6.45, 7) is 0. The molecule has 26 heavy (non-hydrogen) atoms. The molecule has 0 fully saturated rings. The summed E-state index contributed by atoms with van der Waals surface area (Å²) in [4.78, 5) is 25.2. The quantitative estimate of drug-likeness (QED) is 0.684. The zero-order valence-corrected chi connectivity index (χ0v) is 14.3. The van der Waals surface area contributed by atoms with Crippen molar-refractivity contribution in [3.63, 3.8) is 0 Å². The maximum atomic E-state index is 12.6. The van der Waals surface area contributed by atoms with Gasteiger partial charge in [0.25, 0.3) is 0 Å². The largest absolute Gasteiger partial charge is 0.289 e. The lowest BCUT2D eigenvalue weighted by molar-refractivity contribution is 0.0992. The topological polar surface area (TPSA) is 34.1 Å². The molecule has 0 aromatic heterocycles. The molecule has 0 heterocycles. The van der Waals surface area contributed by atoms with Crippen molar-refractivity contribution in [2.75, 3.05) is 0 Å². The molecule has 2 nitrogen and oxygen atoms in total. The Morgan fingerprint density at radius 2 is 0.885 bits per heavy atom. The molecular weight excluding hydrogens is 320 g/mol. The van der Waals surface area contributed by atoms with Crippen molar-refractivity contribution in [3.8, 4) is 0 Å². The van der Waals surface area contributed by atoms with E-state index in [0.717, 1.165) is 22.3 Å². The molecule has 0 saturated heterocycles. The van der Waals surface area contributed by atoms with E-state index < -0.39 is 0 Å². The Morgan fingerprint density at radius 1 is 0.500 bits per heavy atom. The van der Waals surface area contributed by atoms with Gasteiger partial charge in [-0.05, 0) is 47.2 Å². The van der Waals surface area contributed by atoms with Crippen LogP contribution in [0, 0.1) is 0 Å². The third-order valence-electron chi connectivity index (χ3n) is 4.73. The number of hydrogen-bond donors (Lipinski definition) is 0. The number of allylic oxidation sites excluding steroid dienone is 2. The summed E-state index contributed by atoms with van der Waals surface area (Å²) >= 11 is 0. The molecular formula is C24H18O2. The number of ketones is 2. The van der Waals surface area contributed by atoms with Gasteiger partial charge in [0.2, 0.25) is 0 Å². The molecule has 1 aliphatic rings. The normalized spacial score (nSPS) is 12.9. The number of carbonyl (C=O) groups excluding carboxylic acids is 2. The number of benzene rings is 3. The molecule has 0 unspecified atom stereocenters. The molecule has 0 N–H and O–H groups in total. The van der Waals surface area contributed by atoms with Gasteiger partial charge in [0.05, 0.1) is 0 Å². The summed E-state index contributed by atoms with van der Waals surface area (Å²) in [6.07, 6.45) is 4.07. The van der Waals surface area contributed by atoms with Crippen LogP contribution in [0.15, 0.2) is 84.9 Å². The van der Waals surface area contributed by atoms with Crippen LogP contribution in [0.4, 0.5) is 0 Å². The third kappa shape index (κ3) is 3.14. The first-order valence-corrected chi connectivity index (χ1v) is 8.72. The van der Waals surface area contributed by atoms with Gasteiger partial charge in [-0.3, -0.25) is 9.59 Å². The van der Waals surface area contributed by atoms with Gasteiger partial charge in [-0.25, -0.2) is 0 Å². The Kier molecular flexibility index (Phi) is 4.32. The number of carbonyl (C=O) groups is 2. The van der Waals surface area contributed by atoms with Crippen LogP contribution in [0.1, 0.15) is 43.0 Å². The zero-order chi connectivity index (χ0) is 17.9. The highest BCUT2D eigenvalue weighted by Gasteiger charge is 2.25. The van der Waals surface area contributed by atoms with E-state index in [1.54, 1.807) is 0 Å². The summed E-state index contributed by atoms with van der Waals surface area (Å²) in [5.41, 5.74) is 5.20. The lowest BCUT2D eigenvalue weighted by Crippen LogP contribution is -2.17. The van der Waals surface area contributed by atoms with Crippen molar-refractivity contribution in [1.82, 2.24) is 0 Å². The van der Waals surface area contributed by atoms with Gasteiger partial charge in [0.1, 0.15) is 0 Å². The molecule has 3 aromatic carbocycles. The highest BCUT2D eigenvalue weighted by molar-refractivity contribution is 6.23. The van der Waals surface area contributed by atoms with Gasteiger partial charge in [-0.1, -0.05) is 72.8 Å². The first-order chi connectivity index (χ1) is 12.7. The highest BCUT2D eigenvalue weighted by atomic mass is 16.1. The van der Waals surface area contributed by atoms with Crippen molar-refractivity contribution in [2.45, 2.75) is 12.8 Å². The van der Waals surface area contributed by atoms with Crippen LogP contribution in [0.3, 0.4) is 0 Å². The van der Waals surface area contributed by atoms with Crippen LogP contribution in [-0.4, -0.2) is 11.6 Å². The zero-order valence-electron chi connectivity index (χ0n) is 14.3. The van der Waals surface area contributed by atoms with Gasteiger partial charge < -0.3 is 0 Å². The lowest BCUT2D eigenvalue weighted by atomic mass is 9.83. The molecule has 0 aliphatic heterocycles. The Morgan fingerprint density at radius 3 is 1.27 bits per heavy atom. The average Bonchev–Trinajstić information content (AvgIpc) is 2.67. The second-order valence-electron chi connectivity index (χ2n) is 6.52. The minimum Gasteiger partial charge on any atom is -0.289 e. The molecule has 4 rings (SSSR count). The SMILES string of the molecule is O=C1C=CC(=O)c2c(Cc3ccccc3)ccc(Cc3ccccc3)c21. The minimum absolute atomic E-state index is 0.0829. The van der Waals surface area contributed by atoms with Crippen molar-refractivity contribution >= 4 is 11.6 Å². The monoisotopic (exact) mass is 338 g/mol. The van der Waals surface area contributed by atoms with E-state index in [1.807, 2.05) is 72.8 Å². The molecule has 0 amide bonds. The van der Waals surface area contributed by atoms with Gasteiger partial charge in [0, 0.05) is 11.1 Å². The molecule has 3 aromatic rings. The van der Waals surface area contributed by atoms with Crippen molar-refractivity contribution < 1.29 is 9.59 Å². The van der Waals surface area contributed by atoms with Gasteiger partial charge >= 0.3 is 0 Å². The summed E-state index contributed by atoms with van der Waals surface area (Å²) in [5, 5.41) is 0. The summed E-state index contributed by atoms with van der Waals surface area (Å²) in [7, 11) is 0. The summed E-state index contributed by atoms with van der Waals surface area (Å²) in [6, 6.07) is 24.0. The second-order valence-corrected chi connectivity index (χ2v) is 6.52. The fourth-order valence-corrected chi connectivity index (χ4v) is 3.50. The third-order valence-corrected chi connectivity index (χ3v) is 4.73. The number of rotatable bonds is 4. The Balaban J connectivity index is 1.80. The van der Waals surface area contributed by atoms with E-state index in [-0.39, 0.29) is 11.6 Å². The molecule has 1 aliphatic carbocycles. The fourth-order valence-electron chi connectivity index (χ4n) is 3.50. The first kappa shape index (κ1) is 16.2. The van der Waals surface area contributed by atoms with Crippen LogP contribution in [-0.2, 0) is 12.8 Å². The van der Waals surface area contributed by atoms with Crippen LogP contribution in [0.25, 0.3) is 0 Å². The van der Waals surface area contributed by atoms with Crippen LogP contribution in [0.2, 0.25) is 0 Å². The van der Waals surface area contributed by atoms with E-state index in [4.69, 9.17) is 0 Å². The molecule has 0 bridgehead atoms. The first-order valence-electron chi connectivity index (χ1n) is 8.72. The number of hydrogen-bond acceptors (Lipinski definition) is 2. The van der Waals surface area contributed by atoms with Crippen molar-refractivity contribution in [1.29, 1.82) is 0 Å². The smallest absolute Gasteiger partial charge is 0.187 e. The van der Waals surface area contributed by atoms with Crippen molar-refractivity contribution in [2.24, 2.45) is 0 Å². The molecule has 2 heteroatoms. The van der Waals surface area contributed by atoms with Gasteiger partial charge in [0.15, 0.2) is 11.6 Å². The average molecular weight is 338 g/mol. The van der Waals surface area contributed by atoms with E-state index in [0.29, 0.717) is 24.0 Å². The lowest BCUT2D eigenvalue weighted by Gasteiger charge is -2.18. The Bertz CT molecular complexity index is 917. The summed E-state index contributed by atoms with van der Waals surface area (Å²) in [5.74, 6) is -0.166. The molecule has 0 radical (unpaired) electrons. The summed E-state index contributed by atoms with van der Waals surface area (Å²) < 4.78 is 0. The van der Waals surface area contributed by atoms with E-state index in [2.05, 4.69) is 0 Å². The standard InChI is InChI=1S/C24H18O2/c25-21-13-14-22(26)24-20(16-18-9-5-2-6-10-18)12-11-19(23(21)24)15-17-7-3-1-4-8-17/h1-14H,15-16H2. The minimum atomic E-state index is -0.0829. The van der Waals surface area contributed by atoms with Gasteiger partial charge in [-0.15, -0.1) is 0 Å². The predicted octanol–water partition coefficient (Wildman–Crippen LogP) is 4.80. The van der Waals surface area contributed by atoms with E-state index >= 15 is 0 Å². The number of fused-ring (bicyclic) bond motifs is 1. The van der Waals surface area contributed by atoms with Crippen LogP contribution in [0.5, 0.6) is 0 Å². The van der Waals surface area contributed by atoms with Gasteiger partial charge in [-0.2, -0.15) is 0 Å². The second kappa shape index (κ2) is 6.93. The van der Waals surface area contributed by atoms with Crippen LogP contribution >= 0.6 is 0 Å². The highest BCUT2D eigenvalue weighted by Crippen LogP contribution is 2.28. The van der Waals surface area contributed by atoms with Crippen LogP contribution < -0.4 is 0 Å². The molecule has 0 saturated carbocycles. The maximum Gasteiger partial charge on any atom is 0.187 e. The van der Waals surface area contributed by atoms with E-state index in [9.17, 15) is 9.59 Å². The van der Waals surface area contributed by atoms with E-state index in [1.165, 1.54) is 12.2 Å². The Labute approximate surface area is 152 Å².